The van der Waals surface area contributed by atoms with E-state index in [0.29, 0.717) is 27.5 Å². The maximum atomic E-state index is 13.5. The predicted octanol–water partition coefficient (Wildman–Crippen LogP) is 4.43. The molecule has 1 amide bonds. The Kier molecular flexibility index (Phi) is 5.80. The lowest BCUT2D eigenvalue weighted by molar-refractivity contribution is -0.113. The number of rotatable bonds is 5. The third kappa shape index (κ3) is 3.93. The van der Waals surface area contributed by atoms with E-state index in [1.165, 1.54) is 11.8 Å². The minimum Gasteiger partial charge on any atom is -0.323 e. The smallest absolute Gasteiger partial charge is 0.267 e. The van der Waals surface area contributed by atoms with E-state index in [4.69, 9.17) is 11.6 Å². The SMILES string of the molecule is Cc1ccc(-n2c(=O)c3ccccc3n3c(SCC(=O)Nc4cccnc4Cl)nnc23)c(C)c1. The molecule has 2 aromatic carbocycles. The Morgan fingerprint density at radius 2 is 1.91 bits per heavy atom. The molecule has 0 spiro atoms. The summed E-state index contributed by atoms with van der Waals surface area (Å²) >= 11 is 7.25. The zero-order valence-corrected chi connectivity index (χ0v) is 19.9. The van der Waals surface area contributed by atoms with Crippen LogP contribution in [0.1, 0.15) is 11.1 Å². The zero-order chi connectivity index (χ0) is 23.8. The van der Waals surface area contributed by atoms with Gasteiger partial charge in [-0.2, -0.15) is 0 Å². The van der Waals surface area contributed by atoms with Crippen LogP contribution in [0.15, 0.2) is 70.7 Å². The molecule has 0 unspecified atom stereocenters. The maximum Gasteiger partial charge on any atom is 0.267 e. The van der Waals surface area contributed by atoms with Gasteiger partial charge in [-0.3, -0.25) is 14.0 Å². The molecule has 3 heterocycles. The number of amides is 1. The summed E-state index contributed by atoms with van der Waals surface area (Å²) in [6.45, 7) is 3.96. The fourth-order valence-corrected chi connectivity index (χ4v) is 4.75. The number of benzene rings is 2. The van der Waals surface area contributed by atoms with Gasteiger partial charge in [-0.15, -0.1) is 10.2 Å². The first-order valence-electron chi connectivity index (χ1n) is 10.4. The number of aromatic nitrogens is 5. The summed E-state index contributed by atoms with van der Waals surface area (Å²) in [5, 5.41) is 12.6. The average molecular weight is 491 g/mol. The molecule has 34 heavy (non-hydrogen) atoms. The van der Waals surface area contributed by atoms with Gasteiger partial charge in [-0.1, -0.05) is 53.2 Å². The number of hydrogen-bond donors (Lipinski definition) is 1. The molecule has 0 aliphatic rings. The lowest BCUT2D eigenvalue weighted by Crippen LogP contribution is -2.22. The zero-order valence-electron chi connectivity index (χ0n) is 18.3. The summed E-state index contributed by atoms with van der Waals surface area (Å²) in [4.78, 5) is 30.0. The largest absolute Gasteiger partial charge is 0.323 e. The lowest BCUT2D eigenvalue weighted by atomic mass is 10.1. The monoisotopic (exact) mass is 490 g/mol. The summed E-state index contributed by atoms with van der Waals surface area (Å²) in [7, 11) is 0. The van der Waals surface area contributed by atoms with Gasteiger partial charge in [0.15, 0.2) is 10.3 Å². The van der Waals surface area contributed by atoms with E-state index < -0.39 is 0 Å². The van der Waals surface area contributed by atoms with Crippen molar-refractivity contribution in [3.05, 3.63) is 87.4 Å². The number of carbonyl (C=O) groups is 1. The number of aryl methyl sites for hydroxylation is 2. The molecular weight excluding hydrogens is 472 g/mol. The second-order valence-corrected chi connectivity index (χ2v) is 9.04. The Morgan fingerprint density at radius 1 is 1.09 bits per heavy atom. The van der Waals surface area contributed by atoms with Crippen molar-refractivity contribution < 1.29 is 4.79 Å². The summed E-state index contributed by atoms with van der Waals surface area (Å²) in [5.74, 6) is 0.195. The van der Waals surface area contributed by atoms with Gasteiger partial charge in [-0.05, 0) is 49.7 Å². The normalized spacial score (nSPS) is 11.3. The van der Waals surface area contributed by atoms with Crippen molar-refractivity contribution in [1.82, 2.24) is 24.1 Å². The molecule has 3 aromatic heterocycles. The fraction of sp³-hybridized carbons (Fsp3) is 0.125. The molecule has 0 bridgehead atoms. The highest BCUT2D eigenvalue weighted by Crippen LogP contribution is 2.25. The van der Waals surface area contributed by atoms with E-state index in [0.717, 1.165) is 16.8 Å². The number of para-hydroxylation sites is 1. The number of fused-ring (bicyclic) bond motifs is 3. The Hall–Kier alpha value is -3.69. The number of nitrogens with one attached hydrogen (secondary N) is 1. The molecule has 0 aliphatic carbocycles. The second kappa shape index (κ2) is 8.92. The lowest BCUT2D eigenvalue weighted by Gasteiger charge is -2.13. The number of nitrogens with zero attached hydrogens (tertiary/aromatic N) is 5. The van der Waals surface area contributed by atoms with Crippen molar-refractivity contribution in [1.29, 1.82) is 0 Å². The molecule has 0 aliphatic heterocycles. The van der Waals surface area contributed by atoms with Gasteiger partial charge in [0, 0.05) is 6.20 Å². The van der Waals surface area contributed by atoms with Gasteiger partial charge in [-0.25, -0.2) is 9.55 Å². The third-order valence-electron chi connectivity index (χ3n) is 5.35. The van der Waals surface area contributed by atoms with E-state index in [2.05, 4.69) is 20.5 Å². The van der Waals surface area contributed by atoms with Crippen LogP contribution in [0.25, 0.3) is 22.4 Å². The molecule has 5 aromatic rings. The Morgan fingerprint density at radius 3 is 2.71 bits per heavy atom. The third-order valence-corrected chi connectivity index (χ3v) is 6.58. The summed E-state index contributed by atoms with van der Waals surface area (Å²) < 4.78 is 3.38. The molecular formula is C24H19ClN6O2S. The number of carbonyl (C=O) groups excluding carboxylic acids is 1. The topological polar surface area (TPSA) is 94.2 Å². The highest BCUT2D eigenvalue weighted by molar-refractivity contribution is 7.99. The summed E-state index contributed by atoms with van der Waals surface area (Å²) in [6, 6.07) is 16.6. The molecule has 5 rings (SSSR count). The van der Waals surface area contributed by atoms with Crippen molar-refractivity contribution in [3.63, 3.8) is 0 Å². The highest BCUT2D eigenvalue weighted by Gasteiger charge is 2.19. The Labute approximate surface area is 203 Å². The molecule has 0 radical (unpaired) electrons. The molecule has 170 valence electrons. The van der Waals surface area contributed by atoms with Gasteiger partial charge in [0.25, 0.3) is 5.56 Å². The standard InChI is InChI=1S/C24H19ClN6O2S/c1-14-9-10-18(15(2)12-14)30-22(33)16-6-3-4-8-19(16)31-23(30)28-29-24(31)34-13-20(32)27-17-7-5-11-26-21(17)25/h3-12H,13H2,1-2H3,(H,27,32). The fourth-order valence-electron chi connectivity index (χ4n) is 3.84. The summed E-state index contributed by atoms with van der Waals surface area (Å²) in [5.41, 5.74) is 3.72. The Bertz CT molecular complexity index is 1630. The van der Waals surface area contributed by atoms with Gasteiger partial charge in [0.2, 0.25) is 11.7 Å². The van der Waals surface area contributed by atoms with E-state index >= 15 is 0 Å². The number of halogens is 1. The number of hydrogen-bond acceptors (Lipinski definition) is 6. The molecule has 8 nitrogen and oxygen atoms in total. The summed E-state index contributed by atoms with van der Waals surface area (Å²) in [6.07, 6.45) is 1.55. The van der Waals surface area contributed by atoms with Crippen LogP contribution < -0.4 is 10.9 Å². The van der Waals surface area contributed by atoms with Gasteiger partial charge >= 0.3 is 0 Å². The molecule has 1 N–H and O–H groups in total. The van der Waals surface area contributed by atoms with Crippen LogP contribution in [0.2, 0.25) is 5.15 Å². The van der Waals surface area contributed by atoms with Crippen molar-refractivity contribution >= 4 is 51.6 Å². The first-order chi connectivity index (χ1) is 16.4. The molecule has 0 fully saturated rings. The average Bonchev–Trinajstić information content (AvgIpc) is 3.24. The van der Waals surface area contributed by atoms with Gasteiger partial charge in [0.05, 0.1) is 28.0 Å². The highest BCUT2D eigenvalue weighted by atomic mass is 35.5. The van der Waals surface area contributed by atoms with E-state index in [9.17, 15) is 9.59 Å². The van der Waals surface area contributed by atoms with Crippen LogP contribution in [0, 0.1) is 13.8 Å². The minimum atomic E-state index is -0.261. The van der Waals surface area contributed by atoms with Crippen LogP contribution in [0.5, 0.6) is 0 Å². The number of pyridine rings is 1. The van der Waals surface area contributed by atoms with Gasteiger partial charge < -0.3 is 5.32 Å². The van der Waals surface area contributed by atoms with E-state index in [1.54, 1.807) is 29.0 Å². The molecule has 10 heteroatoms. The van der Waals surface area contributed by atoms with E-state index in [1.807, 2.05) is 54.6 Å². The first kappa shape index (κ1) is 22.1. The quantitative estimate of drug-likeness (QED) is 0.289. The predicted molar refractivity (Wildman–Crippen MR) is 134 cm³/mol. The van der Waals surface area contributed by atoms with E-state index in [-0.39, 0.29) is 22.4 Å². The number of anilines is 1. The van der Waals surface area contributed by atoms with Crippen molar-refractivity contribution in [2.24, 2.45) is 0 Å². The van der Waals surface area contributed by atoms with Gasteiger partial charge in [0.1, 0.15) is 0 Å². The van der Waals surface area contributed by atoms with Crippen LogP contribution in [0.3, 0.4) is 0 Å². The maximum absolute atomic E-state index is 13.5. The molecule has 0 saturated heterocycles. The minimum absolute atomic E-state index is 0.0724. The van der Waals surface area contributed by atoms with Crippen LogP contribution in [-0.4, -0.2) is 35.8 Å². The number of thioether (sulfide) groups is 1. The molecule has 0 atom stereocenters. The van der Waals surface area contributed by atoms with Crippen molar-refractivity contribution in [2.45, 2.75) is 19.0 Å². The first-order valence-corrected chi connectivity index (χ1v) is 11.8. The van der Waals surface area contributed by atoms with Crippen LogP contribution in [0.4, 0.5) is 5.69 Å². The van der Waals surface area contributed by atoms with Crippen LogP contribution >= 0.6 is 23.4 Å². The van der Waals surface area contributed by atoms with Crippen LogP contribution in [-0.2, 0) is 4.79 Å². The Balaban J connectivity index is 1.58. The van der Waals surface area contributed by atoms with Crippen molar-refractivity contribution in [2.75, 3.05) is 11.1 Å². The molecule has 0 saturated carbocycles. The van der Waals surface area contributed by atoms with Crippen molar-refractivity contribution in [3.8, 4) is 5.69 Å². The second-order valence-electron chi connectivity index (χ2n) is 7.74.